The van der Waals surface area contributed by atoms with E-state index in [1.54, 1.807) is 0 Å². The Kier molecular flexibility index (Phi) is 3.87. The molecule has 0 aliphatic carbocycles. The third-order valence-corrected chi connectivity index (χ3v) is 2.91. The van der Waals surface area contributed by atoms with Crippen LogP contribution in [0.3, 0.4) is 0 Å². The van der Waals surface area contributed by atoms with E-state index in [-0.39, 0.29) is 0 Å². The van der Waals surface area contributed by atoms with Crippen molar-refractivity contribution in [1.29, 1.82) is 0 Å². The summed E-state index contributed by atoms with van der Waals surface area (Å²) in [4.78, 5) is 0. The van der Waals surface area contributed by atoms with Gasteiger partial charge in [-0.3, -0.25) is 0 Å². The molecule has 2 nitrogen and oxygen atoms in total. The van der Waals surface area contributed by atoms with Crippen molar-refractivity contribution < 1.29 is 4.42 Å². The van der Waals surface area contributed by atoms with Crippen molar-refractivity contribution in [3.05, 3.63) is 46.7 Å². The third kappa shape index (κ3) is 2.90. The Labute approximate surface area is 107 Å². The molecule has 0 fully saturated rings. The molecule has 0 saturated heterocycles. The number of rotatable bonds is 4. The average Bonchev–Trinajstić information content (AvgIpc) is 2.78. The minimum absolute atomic E-state index is 0.732. The van der Waals surface area contributed by atoms with Crippen molar-refractivity contribution in [2.24, 2.45) is 0 Å². The number of hydrogen-bond donors (Lipinski definition) is 1. The van der Waals surface area contributed by atoms with Crippen molar-refractivity contribution in [3.63, 3.8) is 0 Å². The fourth-order valence-electron chi connectivity index (χ4n) is 1.73. The fourth-order valence-corrected chi connectivity index (χ4v) is 1.90. The molecule has 1 aromatic carbocycles. The number of furan rings is 1. The lowest BCUT2D eigenvalue weighted by Crippen LogP contribution is -2.10. The predicted molar refractivity (Wildman–Crippen MR) is 71.3 cm³/mol. The van der Waals surface area contributed by atoms with Gasteiger partial charge in [-0.25, -0.2) is 0 Å². The van der Waals surface area contributed by atoms with Crippen LogP contribution in [-0.4, -0.2) is 6.54 Å². The zero-order valence-electron chi connectivity index (χ0n) is 10.1. The van der Waals surface area contributed by atoms with Crippen LogP contribution < -0.4 is 5.32 Å². The van der Waals surface area contributed by atoms with E-state index in [9.17, 15) is 0 Å². The van der Waals surface area contributed by atoms with E-state index in [4.69, 9.17) is 16.0 Å². The molecule has 0 saturated carbocycles. The molecule has 3 heteroatoms. The van der Waals surface area contributed by atoms with E-state index < -0.39 is 0 Å². The van der Waals surface area contributed by atoms with Crippen LogP contribution in [0.15, 0.2) is 34.7 Å². The van der Waals surface area contributed by atoms with Crippen molar-refractivity contribution in [1.82, 2.24) is 5.32 Å². The lowest BCUT2D eigenvalue weighted by molar-refractivity contribution is 0.498. The molecule has 2 rings (SSSR count). The molecule has 0 aliphatic heterocycles. The molecule has 0 aliphatic rings. The Hall–Kier alpha value is -1.25. The molecule has 0 spiro atoms. The molecule has 0 unspecified atom stereocenters. The summed E-state index contributed by atoms with van der Waals surface area (Å²) in [5.74, 6) is 1.82. The zero-order chi connectivity index (χ0) is 12.3. The van der Waals surface area contributed by atoms with Gasteiger partial charge in [-0.15, -0.1) is 0 Å². The normalized spacial score (nSPS) is 10.8. The second-order valence-electron chi connectivity index (χ2n) is 4.01. The summed E-state index contributed by atoms with van der Waals surface area (Å²) >= 11 is 6.00. The first-order valence-corrected chi connectivity index (χ1v) is 6.14. The molecule has 1 N–H and O–H groups in total. The van der Waals surface area contributed by atoms with Gasteiger partial charge in [-0.2, -0.15) is 0 Å². The van der Waals surface area contributed by atoms with Crippen molar-refractivity contribution in [2.75, 3.05) is 6.54 Å². The molecule has 0 radical (unpaired) electrons. The Morgan fingerprint density at radius 3 is 2.82 bits per heavy atom. The van der Waals surface area contributed by atoms with Crippen LogP contribution in [0.25, 0.3) is 11.3 Å². The summed E-state index contributed by atoms with van der Waals surface area (Å²) in [6.45, 7) is 5.82. The van der Waals surface area contributed by atoms with E-state index in [1.807, 2.05) is 30.3 Å². The fraction of sp³-hybridized carbons (Fsp3) is 0.286. The van der Waals surface area contributed by atoms with E-state index in [0.29, 0.717) is 0 Å². The highest BCUT2D eigenvalue weighted by atomic mass is 35.5. The maximum atomic E-state index is 6.00. The van der Waals surface area contributed by atoms with Crippen LogP contribution in [0.1, 0.15) is 18.2 Å². The Balaban J connectivity index is 2.27. The summed E-state index contributed by atoms with van der Waals surface area (Å²) in [6, 6.07) is 9.82. The molecule has 0 bridgehead atoms. The molecule has 0 atom stereocenters. The molecule has 2 aromatic rings. The number of benzene rings is 1. The summed E-state index contributed by atoms with van der Waals surface area (Å²) in [6.07, 6.45) is 0. The van der Waals surface area contributed by atoms with Crippen LogP contribution in [0, 0.1) is 6.92 Å². The quantitative estimate of drug-likeness (QED) is 0.886. The smallest absolute Gasteiger partial charge is 0.134 e. The average molecular weight is 250 g/mol. The molecular weight excluding hydrogens is 234 g/mol. The lowest BCUT2D eigenvalue weighted by Gasteiger charge is -2.03. The van der Waals surface area contributed by atoms with Gasteiger partial charge in [0.25, 0.3) is 0 Å². The van der Waals surface area contributed by atoms with Crippen LogP contribution in [0.4, 0.5) is 0 Å². The Bertz CT molecular complexity index is 505. The second-order valence-corrected chi connectivity index (χ2v) is 4.44. The summed E-state index contributed by atoms with van der Waals surface area (Å²) in [7, 11) is 0. The molecular formula is C14H16ClNO. The lowest BCUT2D eigenvalue weighted by atomic mass is 10.1. The highest BCUT2D eigenvalue weighted by molar-refractivity contribution is 6.30. The highest BCUT2D eigenvalue weighted by Gasteiger charge is 2.07. The van der Waals surface area contributed by atoms with Gasteiger partial charge in [0.2, 0.25) is 0 Å². The largest absolute Gasteiger partial charge is 0.460 e. The second kappa shape index (κ2) is 5.39. The highest BCUT2D eigenvalue weighted by Crippen LogP contribution is 2.28. The maximum absolute atomic E-state index is 6.00. The molecule has 1 aromatic heterocycles. The van der Waals surface area contributed by atoms with Gasteiger partial charge in [0.15, 0.2) is 0 Å². The topological polar surface area (TPSA) is 25.2 Å². The zero-order valence-corrected chi connectivity index (χ0v) is 10.8. The van der Waals surface area contributed by atoms with Crippen molar-refractivity contribution in [2.45, 2.75) is 20.4 Å². The predicted octanol–water partition coefficient (Wildman–Crippen LogP) is 4.02. The summed E-state index contributed by atoms with van der Waals surface area (Å²) < 4.78 is 5.79. The molecule has 17 heavy (non-hydrogen) atoms. The van der Waals surface area contributed by atoms with Crippen LogP contribution >= 0.6 is 11.6 Å². The van der Waals surface area contributed by atoms with Gasteiger partial charge >= 0.3 is 0 Å². The van der Waals surface area contributed by atoms with Gasteiger partial charge in [0.1, 0.15) is 11.5 Å². The van der Waals surface area contributed by atoms with E-state index in [1.165, 1.54) is 5.56 Å². The summed E-state index contributed by atoms with van der Waals surface area (Å²) in [5, 5.41) is 3.97. The first-order valence-electron chi connectivity index (χ1n) is 5.76. The van der Waals surface area contributed by atoms with E-state index in [2.05, 4.69) is 19.2 Å². The SMILES string of the molecule is CCNCc1ccc(-c2cc(Cl)ccc2C)o1. The monoisotopic (exact) mass is 249 g/mol. The third-order valence-electron chi connectivity index (χ3n) is 2.68. The van der Waals surface area contributed by atoms with Gasteiger partial charge in [0.05, 0.1) is 6.54 Å². The van der Waals surface area contributed by atoms with Gasteiger partial charge in [0, 0.05) is 10.6 Å². The molecule has 0 amide bonds. The Morgan fingerprint density at radius 2 is 2.06 bits per heavy atom. The van der Waals surface area contributed by atoms with Crippen molar-refractivity contribution >= 4 is 11.6 Å². The summed E-state index contributed by atoms with van der Waals surface area (Å²) in [5.41, 5.74) is 2.22. The molecule has 90 valence electrons. The maximum Gasteiger partial charge on any atom is 0.134 e. The van der Waals surface area contributed by atoms with Crippen LogP contribution in [0.2, 0.25) is 5.02 Å². The first kappa shape index (κ1) is 12.2. The number of nitrogens with one attached hydrogen (secondary N) is 1. The van der Waals surface area contributed by atoms with Crippen molar-refractivity contribution in [3.8, 4) is 11.3 Å². The first-order chi connectivity index (χ1) is 8.20. The van der Waals surface area contributed by atoms with Crippen LogP contribution in [-0.2, 0) is 6.54 Å². The van der Waals surface area contributed by atoms with Gasteiger partial charge in [-0.1, -0.05) is 24.6 Å². The molecule has 1 heterocycles. The van der Waals surface area contributed by atoms with E-state index in [0.717, 1.165) is 35.2 Å². The number of aryl methyl sites for hydroxylation is 1. The van der Waals surface area contributed by atoms with Gasteiger partial charge < -0.3 is 9.73 Å². The van der Waals surface area contributed by atoms with Crippen LogP contribution in [0.5, 0.6) is 0 Å². The standard InChI is InChI=1S/C14H16ClNO/c1-3-16-9-12-6-7-14(17-12)13-8-11(15)5-4-10(13)2/h4-8,16H,3,9H2,1-2H3. The number of halogens is 1. The minimum Gasteiger partial charge on any atom is -0.460 e. The Morgan fingerprint density at radius 1 is 1.24 bits per heavy atom. The minimum atomic E-state index is 0.732. The van der Waals surface area contributed by atoms with Gasteiger partial charge in [-0.05, 0) is 43.3 Å². The van der Waals surface area contributed by atoms with E-state index >= 15 is 0 Å². The number of hydrogen-bond acceptors (Lipinski definition) is 2.